The van der Waals surface area contributed by atoms with Gasteiger partial charge in [0.1, 0.15) is 0 Å². The van der Waals surface area contributed by atoms with E-state index in [1.54, 1.807) is 0 Å². The molecule has 0 saturated heterocycles. The fourth-order valence-corrected chi connectivity index (χ4v) is 1.12. The van der Waals surface area contributed by atoms with Crippen LogP contribution in [0.4, 0.5) is 0 Å². The molecule has 0 aliphatic carbocycles. The van der Waals surface area contributed by atoms with Gasteiger partial charge in [-0.25, -0.2) is 5.84 Å². The molecule has 0 aromatic heterocycles. The summed E-state index contributed by atoms with van der Waals surface area (Å²) in [4.78, 5) is 11.0. The second kappa shape index (κ2) is 5.15. The van der Waals surface area contributed by atoms with Gasteiger partial charge in [-0.15, -0.1) is 0 Å². The van der Waals surface area contributed by atoms with E-state index in [0.717, 1.165) is 5.01 Å². The van der Waals surface area contributed by atoms with Gasteiger partial charge >= 0.3 is 0 Å². The van der Waals surface area contributed by atoms with Gasteiger partial charge in [-0.2, -0.15) is 8.42 Å². The first kappa shape index (κ1) is 12.3. The third-order valence-corrected chi connectivity index (χ3v) is 2.07. The van der Waals surface area contributed by atoms with Gasteiger partial charge in [0.05, 0.1) is 12.3 Å². The van der Waals surface area contributed by atoms with Crippen LogP contribution in [0.1, 0.15) is 19.8 Å². The van der Waals surface area contributed by atoms with E-state index in [2.05, 4.69) is 0 Å². The van der Waals surface area contributed by atoms with Crippen molar-refractivity contribution in [2.24, 2.45) is 5.84 Å². The maximum atomic E-state index is 11.0. The van der Waals surface area contributed by atoms with Crippen molar-refractivity contribution in [3.63, 3.8) is 0 Å². The van der Waals surface area contributed by atoms with E-state index in [1.165, 1.54) is 0 Å². The molecule has 0 rings (SSSR count). The van der Waals surface area contributed by atoms with Crippen molar-refractivity contribution in [2.75, 3.05) is 12.3 Å². The zero-order valence-electron chi connectivity index (χ0n) is 7.43. The molecular weight excluding hydrogens is 196 g/mol. The van der Waals surface area contributed by atoms with Crippen LogP contribution in [0.5, 0.6) is 0 Å². The molecule has 0 aliphatic rings. The Balaban J connectivity index is 3.88. The Morgan fingerprint density at radius 1 is 1.54 bits per heavy atom. The van der Waals surface area contributed by atoms with Gasteiger partial charge in [-0.1, -0.05) is 6.92 Å². The first-order chi connectivity index (χ1) is 5.87. The highest BCUT2D eigenvalue weighted by molar-refractivity contribution is 7.85. The Kier molecular flexibility index (Phi) is 4.89. The Morgan fingerprint density at radius 3 is 2.46 bits per heavy atom. The van der Waals surface area contributed by atoms with E-state index in [4.69, 9.17) is 10.4 Å². The van der Waals surface area contributed by atoms with Crippen LogP contribution in [0.3, 0.4) is 0 Å². The van der Waals surface area contributed by atoms with Crippen molar-refractivity contribution in [1.82, 2.24) is 5.01 Å². The summed E-state index contributed by atoms with van der Waals surface area (Å²) in [5, 5.41) is 0.803. The number of hydrogen-bond donors (Lipinski definition) is 2. The summed E-state index contributed by atoms with van der Waals surface area (Å²) in [7, 11) is -4.04. The molecule has 6 nitrogen and oxygen atoms in total. The molecule has 0 radical (unpaired) electrons. The number of carbonyl (C=O) groups is 1. The standard InChI is InChI=1S/C6H14N2O4S/c1-2-3-6(9)8(7)4-5-13(10,11)12/h2-5,7H2,1H3,(H,10,11,12). The number of carbonyl (C=O) groups excluding carboxylic acids is 1. The molecule has 7 heteroatoms. The van der Waals surface area contributed by atoms with E-state index >= 15 is 0 Å². The number of rotatable bonds is 5. The molecule has 0 fully saturated rings. The van der Waals surface area contributed by atoms with Gasteiger partial charge in [0.25, 0.3) is 10.1 Å². The third kappa shape index (κ3) is 6.50. The second-order valence-corrected chi connectivity index (χ2v) is 4.20. The molecule has 0 saturated carbocycles. The normalized spacial score (nSPS) is 11.3. The molecule has 0 bridgehead atoms. The molecule has 78 valence electrons. The molecule has 0 unspecified atom stereocenters. The van der Waals surface area contributed by atoms with E-state index in [0.29, 0.717) is 6.42 Å². The van der Waals surface area contributed by atoms with Crippen LogP contribution in [0, 0.1) is 0 Å². The fraction of sp³-hybridized carbons (Fsp3) is 0.833. The highest BCUT2D eigenvalue weighted by atomic mass is 32.2. The maximum Gasteiger partial charge on any atom is 0.266 e. The molecule has 13 heavy (non-hydrogen) atoms. The zero-order valence-corrected chi connectivity index (χ0v) is 8.25. The molecule has 3 N–H and O–H groups in total. The van der Waals surface area contributed by atoms with Gasteiger partial charge in [0.15, 0.2) is 0 Å². The minimum absolute atomic E-state index is 0.183. The summed E-state index contributed by atoms with van der Waals surface area (Å²) in [6.07, 6.45) is 0.931. The highest BCUT2D eigenvalue weighted by Gasteiger charge is 2.11. The van der Waals surface area contributed by atoms with Gasteiger partial charge in [-0.05, 0) is 6.42 Å². The van der Waals surface area contributed by atoms with Gasteiger partial charge in [0.2, 0.25) is 5.91 Å². The van der Waals surface area contributed by atoms with Crippen LogP contribution >= 0.6 is 0 Å². The molecule has 0 heterocycles. The average Bonchev–Trinajstić information content (AvgIpc) is 1.99. The van der Waals surface area contributed by atoms with Crippen LogP contribution in [-0.4, -0.2) is 36.2 Å². The summed E-state index contributed by atoms with van der Waals surface area (Å²) in [6.45, 7) is 1.63. The lowest BCUT2D eigenvalue weighted by Crippen LogP contribution is -2.40. The fourth-order valence-electron chi connectivity index (χ4n) is 0.696. The number of hydrazine groups is 1. The highest BCUT2D eigenvalue weighted by Crippen LogP contribution is 1.93. The SMILES string of the molecule is CCCC(=O)N(N)CCS(=O)(=O)O. The van der Waals surface area contributed by atoms with Crippen molar-refractivity contribution in [1.29, 1.82) is 0 Å². The number of hydrogen-bond acceptors (Lipinski definition) is 4. The summed E-state index contributed by atoms with van der Waals surface area (Å²) in [5.41, 5.74) is 0. The first-order valence-corrected chi connectivity index (χ1v) is 5.48. The number of nitrogens with zero attached hydrogens (tertiary/aromatic N) is 1. The van der Waals surface area contributed by atoms with E-state index in [-0.39, 0.29) is 18.9 Å². The summed E-state index contributed by atoms with van der Waals surface area (Å²) in [6, 6.07) is 0. The zero-order chi connectivity index (χ0) is 10.5. The van der Waals surface area contributed by atoms with E-state index in [1.807, 2.05) is 6.92 Å². The smallest absolute Gasteiger partial charge is 0.266 e. The lowest BCUT2D eigenvalue weighted by atomic mass is 10.3. The van der Waals surface area contributed by atoms with Crippen LogP contribution in [0.25, 0.3) is 0 Å². The molecular formula is C6H14N2O4S. The van der Waals surface area contributed by atoms with Gasteiger partial charge in [0, 0.05) is 6.42 Å². The monoisotopic (exact) mass is 210 g/mol. The van der Waals surface area contributed by atoms with Crippen LogP contribution in [-0.2, 0) is 14.9 Å². The van der Waals surface area contributed by atoms with Crippen molar-refractivity contribution in [3.05, 3.63) is 0 Å². The molecule has 0 aliphatic heterocycles. The summed E-state index contributed by atoms with van der Waals surface area (Å²) >= 11 is 0. The molecule has 0 aromatic carbocycles. The Hall–Kier alpha value is -0.660. The van der Waals surface area contributed by atoms with E-state index in [9.17, 15) is 13.2 Å². The number of nitrogens with two attached hydrogens (primary N) is 1. The Morgan fingerprint density at radius 2 is 2.08 bits per heavy atom. The molecule has 0 spiro atoms. The van der Waals surface area contributed by atoms with Crippen LogP contribution < -0.4 is 5.84 Å². The van der Waals surface area contributed by atoms with Gasteiger partial charge < -0.3 is 0 Å². The topological polar surface area (TPSA) is 101 Å². The molecule has 1 amide bonds. The average molecular weight is 210 g/mol. The third-order valence-electron chi connectivity index (χ3n) is 1.37. The largest absolute Gasteiger partial charge is 0.285 e. The van der Waals surface area contributed by atoms with Crippen LogP contribution in [0.2, 0.25) is 0 Å². The maximum absolute atomic E-state index is 11.0. The van der Waals surface area contributed by atoms with Crippen molar-refractivity contribution in [3.8, 4) is 0 Å². The number of amides is 1. The van der Waals surface area contributed by atoms with Crippen molar-refractivity contribution >= 4 is 16.0 Å². The second-order valence-electron chi connectivity index (χ2n) is 2.62. The summed E-state index contributed by atoms with van der Waals surface area (Å²) in [5.74, 6) is 4.36. The van der Waals surface area contributed by atoms with E-state index < -0.39 is 15.9 Å². The molecule has 0 atom stereocenters. The molecule has 0 aromatic rings. The minimum atomic E-state index is -4.04. The predicted molar refractivity (Wildman–Crippen MR) is 47.2 cm³/mol. The van der Waals surface area contributed by atoms with Crippen LogP contribution in [0.15, 0.2) is 0 Å². The summed E-state index contributed by atoms with van der Waals surface area (Å²) < 4.78 is 28.9. The first-order valence-electron chi connectivity index (χ1n) is 3.87. The Bertz CT molecular complexity index is 262. The van der Waals surface area contributed by atoms with Crippen molar-refractivity contribution in [2.45, 2.75) is 19.8 Å². The lowest BCUT2D eigenvalue weighted by molar-refractivity contribution is -0.131. The quantitative estimate of drug-likeness (QED) is 0.272. The van der Waals surface area contributed by atoms with Gasteiger partial charge in [-0.3, -0.25) is 14.4 Å². The Labute approximate surface area is 77.4 Å². The lowest BCUT2D eigenvalue weighted by Gasteiger charge is -2.14. The minimum Gasteiger partial charge on any atom is -0.285 e. The van der Waals surface area contributed by atoms with Crippen molar-refractivity contribution < 1.29 is 17.8 Å². The predicted octanol–water partition coefficient (Wildman–Crippen LogP) is -0.623.